The molecule has 0 aliphatic carbocycles. The van der Waals surface area contributed by atoms with Crippen molar-refractivity contribution in [1.29, 1.82) is 0 Å². The number of nitrogens with one attached hydrogen (secondary N) is 1. The van der Waals surface area contributed by atoms with E-state index in [4.69, 9.17) is 0 Å². The molecule has 0 saturated carbocycles. The minimum atomic E-state index is 0.155. The molecule has 0 aromatic carbocycles. The van der Waals surface area contributed by atoms with E-state index in [0.717, 1.165) is 43.4 Å². The Morgan fingerprint density at radius 3 is 2.50 bits per heavy atom. The van der Waals surface area contributed by atoms with Crippen molar-refractivity contribution in [2.45, 2.75) is 46.0 Å². The van der Waals surface area contributed by atoms with Crippen LogP contribution in [0.5, 0.6) is 0 Å². The van der Waals surface area contributed by atoms with Crippen molar-refractivity contribution in [2.24, 2.45) is 7.05 Å². The smallest absolute Gasteiger partial charge is 0.269 e. The van der Waals surface area contributed by atoms with Gasteiger partial charge in [0.1, 0.15) is 0 Å². The third kappa shape index (κ3) is 2.28. The number of hydrogen-bond donors (Lipinski definition) is 1. The molecule has 0 bridgehead atoms. The maximum absolute atomic E-state index is 11.7. The lowest BCUT2D eigenvalue weighted by Crippen LogP contribution is -2.15. The van der Waals surface area contributed by atoms with Crippen LogP contribution in [0.25, 0.3) is 0 Å². The van der Waals surface area contributed by atoms with Gasteiger partial charge in [-0.3, -0.25) is 14.6 Å². The predicted molar refractivity (Wildman–Crippen MR) is 58.6 cm³/mol. The quantitative estimate of drug-likeness (QED) is 0.768. The molecule has 1 rings (SSSR count). The molecule has 80 valence electrons. The van der Waals surface area contributed by atoms with E-state index in [2.05, 4.69) is 18.9 Å². The highest BCUT2D eigenvalue weighted by Gasteiger charge is 2.10. The molecule has 0 aliphatic heterocycles. The van der Waals surface area contributed by atoms with E-state index < -0.39 is 0 Å². The van der Waals surface area contributed by atoms with Crippen molar-refractivity contribution >= 4 is 0 Å². The fourth-order valence-corrected chi connectivity index (χ4v) is 1.72. The minimum absolute atomic E-state index is 0.155. The first-order valence-corrected chi connectivity index (χ1v) is 5.47. The van der Waals surface area contributed by atoms with Gasteiger partial charge in [-0.1, -0.05) is 26.7 Å². The molecule has 1 aromatic rings. The average Bonchev–Trinajstić information content (AvgIpc) is 2.42. The number of aryl methyl sites for hydroxylation is 2. The summed E-state index contributed by atoms with van der Waals surface area (Å²) in [6, 6.07) is 0. The van der Waals surface area contributed by atoms with Crippen LogP contribution >= 0.6 is 0 Å². The molecule has 0 unspecified atom stereocenters. The molecule has 0 amide bonds. The van der Waals surface area contributed by atoms with Crippen LogP contribution < -0.4 is 5.56 Å². The van der Waals surface area contributed by atoms with Gasteiger partial charge in [0.25, 0.3) is 5.56 Å². The van der Waals surface area contributed by atoms with E-state index in [-0.39, 0.29) is 5.56 Å². The van der Waals surface area contributed by atoms with Gasteiger partial charge < -0.3 is 0 Å². The van der Waals surface area contributed by atoms with Crippen molar-refractivity contribution in [3.05, 3.63) is 21.6 Å². The van der Waals surface area contributed by atoms with Crippen LogP contribution in [0.1, 0.15) is 44.4 Å². The highest BCUT2D eigenvalue weighted by molar-refractivity contribution is 5.17. The van der Waals surface area contributed by atoms with Crippen molar-refractivity contribution in [1.82, 2.24) is 9.78 Å². The molecule has 0 fully saturated rings. The summed E-state index contributed by atoms with van der Waals surface area (Å²) >= 11 is 0. The molecule has 3 nitrogen and oxygen atoms in total. The predicted octanol–water partition coefficient (Wildman–Crippen LogP) is 2.01. The van der Waals surface area contributed by atoms with Crippen molar-refractivity contribution in [2.75, 3.05) is 0 Å². The molecular weight excluding hydrogens is 176 g/mol. The Balaban J connectivity index is 2.91. The second kappa shape index (κ2) is 5.03. The summed E-state index contributed by atoms with van der Waals surface area (Å²) in [4.78, 5) is 11.7. The summed E-state index contributed by atoms with van der Waals surface area (Å²) in [7, 11) is 1.79. The number of nitrogens with zero attached hydrogens (tertiary/aromatic N) is 1. The molecule has 0 spiro atoms. The average molecular weight is 196 g/mol. The van der Waals surface area contributed by atoms with Gasteiger partial charge in [-0.05, 0) is 19.3 Å². The summed E-state index contributed by atoms with van der Waals surface area (Å²) in [6.45, 7) is 4.28. The molecule has 1 aromatic heterocycles. The van der Waals surface area contributed by atoms with Gasteiger partial charge in [-0.15, -0.1) is 0 Å². The van der Waals surface area contributed by atoms with Crippen LogP contribution in [-0.4, -0.2) is 9.78 Å². The van der Waals surface area contributed by atoms with Crippen molar-refractivity contribution in [3.8, 4) is 0 Å². The van der Waals surface area contributed by atoms with Crippen LogP contribution in [0.2, 0.25) is 0 Å². The van der Waals surface area contributed by atoms with Gasteiger partial charge in [-0.25, -0.2) is 0 Å². The Kier molecular flexibility index (Phi) is 3.98. The zero-order valence-electron chi connectivity index (χ0n) is 9.39. The van der Waals surface area contributed by atoms with E-state index in [1.807, 2.05) is 0 Å². The molecular formula is C11H20N2O. The Bertz CT molecular complexity index is 336. The summed E-state index contributed by atoms with van der Waals surface area (Å²) in [5.41, 5.74) is 2.28. The van der Waals surface area contributed by atoms with Crippen LogP contribution in [0.3, 0.4) is 0 Å². The Labute approximate surface area is 85.1 Å². The van der Waals surface area contributed by atoms with Crippen molar-refractivity contribution in [3.63, 3.8) is 0 Å². The van der Waals surface area contributed by atoms with E-state index in [1.54, 1.807) is 11.7 Å². The lowest BCUT2D eigenvalue weighted by molar-refractivity contribution is 0.713. The monoisotopic (exact) mass is 196 g/mol. The Morgan fingerprint density at radius 2 is 1.93 bits per heavy atom. The molecule has 3 heteroatoms. The highest BCUT2D eigenvalue weighted by Crippen LogP contribution is 2.07. The molecule has 1 heterocycles. The minimum Gasteiger partial charge on any atom is -0.300 e. The number of H-pyrrole nitrogens is 1. The summed E-state index contributed by atoms with van der Waals surface area (Å²) in [5, 5.41) is 3.13. The van der Waals surface area contributed by atoms with Crippen LogP contribution in [0.15, 0.2) is 4.79 Å². The lowest BCUT2D eigenvalue weighted by Gasteiger charge is -1.98. The van der Waals surface area contributed by atoms with Crippen LogP contribution in [0, 0.1) is 0 Å². The number of unbranched alkanes of at least 4 members (excludes halogenated alkanes) is 1. The van der Waals surface area contributed by atoms with E-state index >= 15 is 0 Å². The van der Waals surface area contributed by atoms with Crippen LogP contribution in [-0.2, 0) is 19.9 Å². The summed E-state index contributed by atoms with van der Waals surface area (Å²) in [6.07, 6.45) is 5.22. The topological polar surface area (TPSA) is 37.8 Å². The first-order valence-electron chi connectivity index (χ1n) is 5.47. The fraction of sp³-hybridized carbons (Fsp3) is 0.727. The Morgan fingerprint density at radius 1 is 1.21 bits per heavy atom. The van der Waals surface area contributed by atoms with E-state index in [0.29, 0.717) is 0 Å². The van der Waals surface area contributed by atoms with E-state index in [9.17, 15) is 4.79 Å². The van der Waals surface area contributed by atoms with Gasteiger partial charge in [0, 0.05) is 18.3 Å². The van der Waals surface area contributed by atoms with Crippen molar-refractivity contribution < 1.29 is 0 Å². The first kappa shape index (κ1) is 11.1. The number of aromatic amines is 1. The van der Waals surface area contributed by atoms with Crippen LogP contribution in [0.4, 0.5) is 0 Å². The lowest BCUT2D eigenvalue weighted by atomic mass is 10.1. The SMILES string of the molecule is CCCCc1c(CCC)[nH]n(C)c1=O. The van der Waals surface area contributed by atoms with E-state index in [1.165, 1.54) is 0 Å². The summed E-state index contributed by atoms with van der Waals surface area (Å²) < 4.78 is 1.59. The normalized spacial score (nSPS) is 10.8. The van der Waals surface area contributed by atoms with Gasteiger partial charge in [-0.2, -0.15) is 0 Å². The van der Waals surface area contributed by atoms with Gasteiger partial charge in [0.05, 0.1) is 0 Å². The second-order valence-electron chi connectivity index (χ2n) is 3.79. The summed E-state index contributed by atoms with van der Waals surface area (Å²) in [5.74, 6) is 0. The maximum Gasteiger partial charge on any atom is 0.269 e. The number of rotatable bonds is 5. The second-order valence-corrected chi connectivity index (χ2v) is 3.79. The third-order valence-electron chi connectivity index (χ3n) is 2.51. The van der Waals surface area contributed by atoms with Gasteiger partial charge in [0.2, 0.25) is 0 Å². The highest BCUT2D eigenvalue weighted by atomic mass is 16.1. The standard InChI is InChI=1S/C11H20N2O/c1-4-6-8-9-10(7-5-2)12-13(3)11(9)14/h12H,4-8H2,1-3H3. The molecule has 0 aliphatic rings. The number of hydrogen-bond acceptors (Lipinski definition) is 1. The molecule has 14 heavy (non-hydrogen) atoms. The largest absolute Gasteiger partial charge is 0.300 e. The van der Waals surface area contributed by atoms with Gasteiger partial charge in [0.15, 0.2) is 0 Å². The fourth-order valence-electron chi connectivity index (χ4n) is 1.72. The molecule has 1 N–H and O–H groups in total. The van der Waals surface area contributed by atoms with Gasteiger partial charge >= 0.3 is 0 Å². The maximum atomic E-state index is 11.7. The third-order valence-corrected chi connectivity index (χ3v) is 2.51. The Hall–Kier alpha value is -0.990. The molecule has 0 atom stereocenters. The molecule has 0 radical (unpaired) electrons. The molecule has 0 saturated heterocycles. The zero-order chi connectivity index (χ0) is 10.6. The first-order chi connectivity index (χ1) is 6.70. The zero-order valence-corrected chi connectivity index (χ0v) is 9.39. The number of aromatic nitrogens is 2.